The van der Waals surface area contributed by atoms with E-state index in [1.54, 1.807) is 0 Å². The Hall–Kier alpha value is -1.40. The first-order valence-corrected chi connectivity index (χ1v) is 19.2. The topological polar surface area (TPSA) is 319 Å². The fourth-order valence-electron chi connectivity index (χ4n) is 4.82. The van der Waals surface area contributed by atoms with Crippen molar-refractivity contribution in [2.75, 3.05) is 10.6 Å². The van der Waals surface area contributed by atoms with E-state index < -0.39 is 105 Å². The second-order valence-corrected chi connectivity index (χ2v) is 16.2. The van der Waals surface area contributed by atoms with Crippen molar-refractivity contribution >= 4 is 90.9 Å². The van der Waals surface area contributed by atoms with Crippen LogP contribution in [0.3, 0.4) is 0 Å². The van der Waals surface area contributed by atoms with Gasteiger partial charge in [0, 0.05) is 23.3 Å². The van der Waals surface area contributed by atoms with Gasteiger partial charge in [-0.05, 0) is 76.1 Å². The first kappa shape index (κ1) is 51.6. The molecular weight excluding hydrogens is 855 g/mol. The average molecular weight is 878 g/mol. The summed E-state index contributed by atoms with van der Waals surface area (Å²) >= 11 is 0. The number of fused-ring (bicyclic) bond motifs is 2. The molecule has 5 aromatic carbocycles. The van der Waals surface area contributed by atoms with E-state index in [4.69, 9.17) is 0 Å². The number of benzene rings is 5. The normalized spacial score (nSPS) is 11.6. The van der Waals surface area contributed by atoms with Crippen molar-refractivity contribution in [3.63, 3.8) is 0 Å². The Balaban J connectivity index is -0.00000189. The van der Waals surface area contributed by atoms with Gasteiger partial charge in [0.15, 0.2) is 0 Å². The van der Waals surface area contributed by atoms with Gasteiger partial charge < -0.3 is 16.3 Å². The van der Waals surface area contributed by atoms with Crippen LogP contribution in [-0.2, 0) is 40.5 Å². The number of amides is 2. The number of rotatable bonds is 9. The number of anilines is 2. The molecule has 0 saturated carbocycles. The van der Waals surface area contributed by atoms with E-state index in [0.717, 1.165) is 66.7 Å². The Morgan fingerprint density at radius 1 is 0.509 bits per heavy atom. The predicted molar refractivity (Wildman–Crippen MR) is 181 cm³/mol. The van der Waals surface area contributed by atoms with Gasteiger partial charge >= 0.3 is 118 Å². The molecule has 0 spiro atoms. The summed E-state index contributed by atoms with van der Waals surface area (Å²) in [6.07, 6.45) is 0. The number of carbonyl (C=O) groups is 2. The van der Waals surface area contributed by atoms with Crippen LogP contribution >= 0.6 is 0 Å². The molecule has 0 radical (unpaired) electrons. The number of nitrogens with zero attached hydrogens (tertiary/aromatic N) is 1. The van der Waals surface area contributed by atoms with E-state index in [9.17, 15) is 71.6 Å². The summed E-state index contributed by atoms with van der Waals surface area (Å²) < 4.78 is 133. The number of nitro benzene ring substituents is 1. The minimum Gasteiger partial charge on any atom is -1.00 e. The molecule has 6 N–H and O–H groups in total. The molecule has 5 rings (SSSR count). The second-order valence-electron chi connectivity index (χ2n) is 10.5. The Kier molecular flexibility index (Phi) is 17.9. The van der Waals surface area contributed by atoms with Crippen molar-refractivity contribution in [2.24, 2.45) is 0 Å². The molecule has 0 unspecified atom stereocenters. The molecule has 5 aromatic rings. The molecule has 0 fully saturated rings. The molecule has 2 amide bonds. The van der Waals surface area contributed by atoms with E-state index in [2.05, 4.69) is 10.6 Å². The molecule has 0 bridgehead atoms. The zero-order chi connectivity index (χ0) is 37.8. The summed E-state index contributed by atoms with van der Waals surface area (Å²) in [5.41, 5.74) is -3.26. The third kappa shape index (κ3) is 12.3. The fraction of sp³-hybridized carbons (Fsp3) is 0. The maximum atomic E-state index is 13.3. The van der Waals surface area contributed by atoms with Gasteiger partial charge in [0.05, 0.1) is 26.1 Å². The predicted octanol–water partition coefficient (Wildman–Crippen LogP) is -8.14. The molecule has 0 aromatic heterocycles. The first-order chi connectivity index (χ1) is 23.4. The SMILES string of the molecule is O=C(Nc1cc2ccc(S(=O)(=O)O)cc2cc1S(=O)(=O)O)c1cc(C(=O)Nc2cc3ccc(S(=O)(=O)O)cc3cc2S(=O)(=O)O)cc([N+](=O)[O-])c1.[H-].[H-].[H-].[H-].[Na+].[Na+].[Na+].[Na+]. The number of hydrogen-bond donors (Lipinski definition) is 6. The summed E-state index contributed by atoms with van der Waals surface area (Å²) in [6.45, 7) is 0. The quantitative estimate of drug-likeness (QED) is 0.0347. The molecule has 27 heteroatoms. The largest absolute Gasteiger partial charge is 1.00 e. The third-order valence-electron chi connectivity index (χ3n) is 7.12. The maximum Gasteiger partial charge on any atom is 1.00 e. The number of non-ortho nitro benzene ring substituents is 1. The van der Waals surface area contributed by atoms with Gasteiger partial charge in [-0.15, -0.1) is 0 Å². The van der Waals surface area contributed by atoms with Crippen molar-refractivity contribution in [1.82, 2.24) is 0 Å². The van der Waals surface area contributed by atoms with Crippen LogP contribution in [0.25, 0.3) is 21.5 Å². The van der Waals surface area contributed by atoms with Crippen LogP contribution in [0.1, 0.15) is 26.4 Å². The first-order valence-electron chi connectivity index (χ1n) is 13.4. The average Bonchev–Trinajstić information content (AvgIpc) is 3.01. The number of nitrogens with one attached hydrogen (secondary N) is 2. The molecule has 55 heavy (non-hydrogen) atoms. The van der Waals surface area contributed by atoms with Crippen LogP contribution in [0, 0.1) is 10.1 Å². The summed E-state index contributed by atoms with van der Waals surface area (Å²) in [7, 11) is -19.7. The molecule has 0 aliphatic rings. The standard InChI is InChI=1S/C28H19N3O16S4.4Na.4H/c32-27(29-23-10-14-1-3-21(48(36,37)38)8-16(14)12-25(23)50(42,43)44)18-5-19(7-20(6-18)31(34)35)28(33)30-24-11-15-2-4-22(49(39,40)41)9-17(15)13-26(24)51(45,46)47;;;;;;;;/h1-13H,(H,29,32)(H,30,33)(H,36,37,38)(H,39,40,41)(H,42,43,44)(H,45,46,47);;;;;;;;/q;4*+1;4*-1. The van der Waals surface area contributed by atoms with Crippen LogP contribution in [0.4, 0.5) is 17.1 Å². The minimum absolute atomic E-state index is 0. The molecular formula is C28H23N3Na4O16S4. The van der Waals surface area contributed by atoms with Gasteiger partial charge in [0.1, 0.15) is 9.79 Å². The van der Waals surface area contributed by atoms with Crippen LogP contribution in [0.15, 0.2) is 98.4 Å². The van der Waals surface area contributed by atoms with Gasteiger partial charge in [0.25, 0.3) is 58.0 Å². The molecule has 0 aliphatic carbocycles. The van der Waals surface area contributed by atoms with Crippen molar-refractivity contribution in [3.05, 3.63) is 100 Å². The number of carbonyl (C=O) groups excluding carboxylic acids is 2. The Labute approximate surface area is 406 Å². The Bertz CT molecular complexity index is 2680. The molecule has 0 saturated heterocycles. The summed E-state index contributed by atoms with van der Waals surface area (Å²) in [5, 5.41) is 16.0. The molecule has 0 heterocycles. The van der Waals surface area contributed by atoms with Gasteiger partial charge in [-0.25, -0.2) is 0 Å². The van der Waals surface area contributed by atoms with Gasteiger partial charge in [-0.1, -0.05) is 12.1 Å². The van der Waals surface area contributed by atoms with Crippen LogP contribution < -0.4 is 129 Å². The zero-order valence-corrected chi connectivity index (χ0v) is 40.0. The maximum absolute atomic E-state index is 13.3. The summed E-state index contributed by atoms with van der Waals surface area (Å²) in [4.78, 5) is 34.3. The Morgan fingerprint density at radius 2 is 0.855 bits per heavy atom. The fourth-order valence-corrected chi connectivity index (χ4v) is 7.18. The van der Waals surface area contributed by atoms with Crippen molar-refractivity contribution < 1.29 is 190 Å². The monoisotopic (exact) mass is 877 g/mol. The van der Waals surface area contributed by atoms with E-state index in [1.165, 1.54) is 0 Å². The minimum atomic E-state index is -5.13. The summed E-state index contributed by atoms with van der Waals surface area (Å²) in [5.74, 6) is -2.52. The van der Waals surface area contributed by atoms with E-state index in [1.807, 2.05) is 0 Å². The second kappa shape index (κ2) is 19.1. The van der Waals surface area contributed by atoms with Crippen LogP contribution in [0.2, 0.25) is 0 Å². The molecule has 0 atom stereocenters. The zero-order valence-electron chi connectivity index (χ0n) is 32.8. The van der Waals surface area contributed by atoms with Gasteiger partial charge in [-0.3, -0.25) is 37.9 Å². The van der Waals surface area contributed by atoms with Crippen LogP contribution in [0.5, 0.6) is 0 Å². The van der Waals surface area contributed by atoms with Crippen molar-refractivity contribution in [1.29, 1.82) is 0 Å². The molecule has 274 valence electrons. The van der Waals surface area contributed by atoms with Gasteiger partial charge in [0.2, 0.25) is 0 Å². The van der Waals surface area contributed by atoms with Crippen molar-refractivity contribution in [2.45, 2.75) is 19.6 Å². The van der Waals surface area contributed by atoms with Crippen molar-refractivity contribution in [3.8, 4) is 0 Å². The Morgan fingerprint density at radius 3 is 1.15 bits per heavy atom. The van der Waals surface area contributed by atoms with E-state index in [0.29, 0.717) is 12.1 Å². The van der Waals surface area contributed by atoms with E-state index >= 15 is 0 Å². The van der Waals surface area contributed by atoms with E-state index in [-0.39, 0.29) is 145 Å². The summed E-state index contributed by atoms with van der Waals surface area (Å²) in [6, 6.07) is 11.7. The van der Waals surface area contributed by atoms with Gasteiger partial charge in [-0.2, -0.15) is 33.7 Å². The van der Waals surface area contributed by atoms with Crippen LogP contribution in [-0.4, -0.2) is 68.6 Å². The molecule has 0 aliphatic heterocycles. The number of hydrogen-bond acceptors (Lipinski definition) is 12. The number of nitro groups is 1. The smallest absolute Gasteiger partial charge is 1.00 e. The molecule has 19 nitrogen and oxygen atoms in total. The third-order valence-corrected chi connectivity index (χ3v) is 10.6.